The van der Waals surface area contributed by atoms with Gasteiger partial charge in [-0.25, -0.2) is 4.98 Å². The summed E-state index contributed by atoms with van der Waals surface area (Å²) in [6.45, 7) is -2.20. The Kier molecular flexibility index (Phi) is 1.94. The van der Waals surface area contributed by atoms with E-state index >= 15 is 0 Å². The first-order chi connectivity index (χ1) is 9.90. The molecule has 0 fully saturated rings. The number of phenols is 1. The Bertz CT molecular complexity index is 781. The summed E-state index contributed by atoms with van der Waals surface area (Å²) in [4.78, 5) is 4.50. The van der Waals surface area contributed by atoms with Crippen molar-refractivity contribution in [2.45, 2.75) is 0 Å². The lowest BCUT2D eigenvalue weighted by Gasteiger charge is -2.00. The van der Waals surface area contributed by atoms with Gasteiger partial charge < -0.3 is 10.4 Å². The summed E-state index contributed by atoms with van der Waals surface area (Å²) >= 11 is 1.48. The van der Waals surface area contributed by atoms with Crippen LogP contribution in [0.5, 0.6) is 5.75 Å². The number of nitrogens with zero attached hydrogens (tertiary/aromatic N) is 1. The summed E-state index contributed by atoms with van der Waals surface area (Å²) in [5.41, 5.74) is 2.28. The first-order valence-corrected chi connectivity index (χ1v) is 6.20. The lowest BCUT2D eigenvalue weighted by Crippen LogP contribution is -1.86. The van der Waals surface area contributed by atoms with E-state index in [0.29, 0.717) is 5.69 Å². The highest BCUT2D eigenvalue weighted by Crippen LogP contribution is 2.32. The van der Waals surface area contributed by atoms with Crippen molar-refractivity contribution in [3.05, 3.63) is 42.5 Å². The first-order valence-electron chi connectivity index (χ1n) is 6.89. The van der Waals surface area contributed by atoms with Crippen LogP contribution in [0, 0.1) is 0 Å². The number of thiazole rings is 1. The zero-order valence-electron chi connectivity index (χ0n) is 12.3. The summed E-state index contributed by atoms with van der Waals surface area (Å²) < 4.78 is 22.4. The molecule has 4 heteroatoms. The van der Waals surface area contributed by atoms with Gasteiger partial charge in [-0.15, -0.1) is 11.3 Å². The number of nitrogens with one attached hydrogen (secondary N) is 1. The molecule has 0 unspecified atom stereocenters. The molecule has 0 aliphatic rings. The van der Waals surface area contributed by atoms with E-state index in [1.54, 1.807) is 30.3 Å². The summed E-state index contributed by atoms with van der Waals surface area (Å²) in [6, 6.07) is 12.1. The smallest absolute Gasteiger partial charge is 0.124 e. The highest BCUT2D eigenvalue weighted by atomic mass is 32.1. The summed E-state index contributed by atoms with van der Waals surface area (Å²) in [5.74, 6) is 0.218. The Morgan fingerprint density at radius 2 is 2.06 bits per heavy atom. The molecule has 0 atom stereocenters. The maximum atomic E-state index is 9.47. The lowest BCUT2D eigenvalue weighted by atomic mass is 10.2. The fraction of sp³-hybridized carbons (Fsp3) is 0.0714. The molecule has 2 aromatic carbocycles. The number of rotatable bonds is 2. The second-order valence-electron chi connectivity index (χ2n) is 3.87. The number of phenolic OH excluding ortho intramolecular Hbond substituents is 1. The van der Waals surface area contributed by atoms with Gasteiger partial charge in [0, 0.05) is 22.3 Å². The minimum absolute atomic E-state index is 0.218. The van der Waals surface area contributed by atoms with Crippen molar-refractivity contribution < 1.29 is 9.22 Å². The summed E-state index contributed by atoms with van der Waals surface area (Å²) in [5, 5.41) is 12.7. The van der Waals surface area contributed by atoms with Gasteiger partial charge in [0.05, 0.1) is 10.2 Å². The molecule has 0 saturated carbocycles. The zero-order valence-corrected chi connectivity index (χ0v) is 10.2. The number of aromatic nitrogens is 1. The molecule has 0 saturated heterocycles. The normalized spacial score (nSPS) is 13.9. The van der Waals surface area contributed by atoms with Gasteiger partial charge in [0.1, 0.15) is 10.8 Å². The first kappa shape index (κ1) is 8.11. The monoisotopic (exact) mass is 259 g/mol. The highest BCUT2D eigenvalue weighted by molar-refractivity contribution is 7.21. The van der Waals surface area contributed by atoms with Crippen molar-refractivity contribution in [3.8, 4) is 16.3 Å². The largest absolute Gasteiger partial charge is 0.508 e. The van der Waals surface area contributed by atoms with E-state index in [4.69, 9.17) is 4.11 Å². The molecule has 0 aliphatic carbocycles. The molecular formula is C14H12N2OS. The zero-order chi connectivity index (χ0) is 15.0. The van der Waals surface area contributed by atoms with Crippen molar-refractivity contribution in [3.63, 3.8) is 0 Å². The standard InChI is InChI=1S/C14H12N2OS/c1-15-10-4-2-9(3-5-10)14-16-12-7-6-11(17)8-13(12)18-14/h2-8,15,17H,1H3/i1D3. The topological polar surface area (TPSA) is 45.2 Å². The van der Waals surface area contributed by atoms with Crippen LogP contribution in [0.4, 0.5) is 5.69 Å². The maximum absolute atomic E-state index is 9.47. The van der Waals surface area contributed by atoms with Crippen LogP contribution in [-0.4, -0.2) is 17.1 Å². The molecule has 0 aliphatic heterocycles. The van der Waals surface area contributed by atoms with E-state index in [0.717, 1.165) is 20.8 Å². The van der Waals surface area contributed by atoms with Crippen molar-refractivity contribution in [2.24, 2.45) is 0 Å². The fourth-order valence-electron chi connectivity index (χ4n) is 1.73. The molecule has 1 aromatic heterocycles. The Hall–Kier alpha value is -2.07. The van der Waals surface area contributed by atoms with Crippen LogP contribution in [0.3, 0.4) is 0 Å². The third-order valence-electron chi connectivity index (χ3n) is 2.65. The Morgan fingerprint density at radius 1 is 1.22 bits per heavy atom. The molecule has 0 spiro atoms. The molecular weight excluding hydrogens is 244 g/mol. The van der Waals surface area contributed by atoms with Crippen LogP contribution >= 0.6 is 11.3 Å². The molecule has 0 bridgehead atoms. The van der Waals surface area contributed by atoms with E-state index in [-0.39, 0.29) is 5.75 Å². The second kappa shape index (κ2) is 4.31. The van der Waals surface area contributed by atoms with Crippen LogP contribution in [-0.2, 0) is 0 Å². The summed E-state index contributed by atoms with van der Waals surface area (Å²) in [6.07, 6.45) is 0. The van der Waals surface area contributed by atoms with Crippen LogP contribution in [0.1, 0.15) is 4.11 Å². The molecule has 3 nitrogen and oxygen atoms in total. The molecule has 0 amide bonds. The average Bonchev–Trinajstić information content (AvgIpc) is 2.80. The Morgan fingerprint density at radius 3 is 2.83 bits per heavy atom. The minimum atomic E-state index is -2.20. The number of aromatic hydroxyl groups is 1. The highest BCUT2D eigenvalue weighted by Gasteiger charge is 2.06. The van der Waals surface area contributed by atoms with Gasteiger partial charge in [-0.3, -0.25) is 0 Å². The number of anilines is 1. The number of fused-ring (bicyclic) bond motifs is 1. The van der Waals surface area contributed by atoms with Crippen LogP contribution in [0.15, 0.2) is 42.5 Å². The van der Waals surface area contributed by atoms with Gasteiger partial charge in [-0.05, 0) is 42.5 Å². The van der Waals surface area contributed by atoms with Crippen molar-refractivity contribution in [1.82, 2.24) is 4.98 Å². The second-order valence-corrected chi connectivity index (χ2v) is 4.90. The van der Waals surface area contributed by atoms with Gasteiger partial charge in [-0.1, -0.05) is 0 Å². The number of hydrogen-bond donors (Lipinski definition) is 2. The van der Waals surface area contributed by atoms with Crippen molar-refractivity contribution in [1.29, 1.82) is 0 Å². The predicted octanol–water partition coefficient (Wildman–Crippen LogP) is 3.71. The van der Waals surface area contributed by atoms with Crippen molar-refractivity contribution >= 4 is 27.2 Å². The van der Waals surface area contributed by atoms with E-state index in [2.05, 4.69) is 10.3 Å². The molecule has 1 heterocycles. The van der Waals surface area contributed by atoms with E-state index in [1.807, 2.05) is 12.1 Å². The quantitative estimate of drug-likeness (QED) is 0.737. The van der Waals surface area contributed by atoms with Gasteiger partial charge >= 0.3 is 0 Å². The maximum Gasteiger partial charge on any atom is 0.124 e. The van der Waals surface area contributed by atoms with Gasteiger partial charge in [0.25, 0.3) is 0 Å². The Balaban J connectivity index is 1.91. The van der Waals surface area contributed by atoms with E-state index in [9.17, 15) is 5.11 Å². The van der Waals surface area contributed by atoms with E-state index < -0.39 is 6.98 Å². The Labute approximate surface area is 113 Å². The fourth-order valence-corrected chi connectivity index (χ4v) is 2.74. The molecule has 2 N–H and O–H groups in total. The molecule has 3 aromatic rings. The molecule has 0 radical (unpaired) electrons. The summed E-state index contributed by atoms with van der Waals surface area (Å²) in [7, 11) is 0. The van der Waals surface area contributed by atoms with Gasteiger partial charge in [-0.2, -0.15) is 0 Å². The predicted molar refractivity (Wildman–Crippen MR) is 76.3 cm³/mol. The molecule has 90 valence electrons. The number of benzene rings is 2. The van der Waals surface area contributed by atoms with Crippen molar-refractivity contribution in [2.75, 3.05) is 12.3 Å². The number of hydrogen-bond acceptors (Lipinski definition) is 4. The SMILES string of the molecule is [2H]C([2H])([2H])Nc1ccc(-c2nc3ccc(O)cc3s2)cc1. The van der Waals surface area contributed by atoms with E-state index in [1.165, 1.54) is 11.3 Å². The molecule has 18 heavy (non-hydrogen) atoms. The lowest BCUT2D eigenvalue weighted by molar-refractivity contribution is 0.476. The van der Waals surface area contributed by atoms with Gasteiger partial charge in [0.2, 0.25) is 0 Å². The van der Waals surface area contributed by atoms with Crippen LogP contribution in [0.2, 0.25) is 0 Å². The van der Waals surface area contributed by atoms with Gasteiger partial charge in [0.15, 0.2) is 0 Å². The third kappa shape index (κ3) is 1.91. The third-order valence-corrected chi connectivity index (χ3v) is 3.72. The van der Waals surface area contributed by atoms with Crippen LogP contribution < -0.4 is 5.32 Å². The molecule has 3 rings (SSSR count). The van der Waals surface area contributed by atoms with Crippen LogP contribution in [0.25, 0.3) is 20.8 Å². The average molecular weight is 259 g/mol. The minimum Gasteiger partial charge on any atom is -0.508 e.